The average molecular weight is 290 g/mol. The molecule has 2 unspecified atom stereocenters. The summed E-state index contributed by atoms with van der Waals surface area (Å²) >= 11 is 0. The molecule has 1 amide bonds. The number of hydrogen-bond acceptors (Lipinski definition) is 3. The van der Waals surface area contributed by atoms with Crippen molar-refractivity contribution in [2.24, 2.45) is 11.7 Å². The first-order valence-corrected chi connectivity index (χ1v) is 7.30. The largest absolute Gasteiger partial charge is 0.481 e. The maximum atomic E-state index is 12.4. The molecule has 1 saturated carbocycles. The van der Waals surface area contributed by atoms with E-state index in [4.69, 9.17) is 10.8 Å². The lowest BCUT2D eigenvalue weighted by Gasteiger charge is -2.35. The van der Waals surface area contributed by atoms with E-state index in [0.29, 0.717) is 30.0 Å². The molecule has 1 fully saturated rings. The SMILES string of the molecule is CC1CCCC(N)(C(=O)Nc2cccc(CC(=O)O)c2)C1. The number of nitrogens with two attached hydrogens (primary N) is 1. The van der Waals surface area contributed by atoms with Crippen LogP contribution in [-0.2, 0) is 16.0 Å². The van der Waals surface area contributed by atoms with Gasteiger partial charge in [0.1, 0.15) is 0 Å². The van der Waals surface area contributed by atoms with Gasteiger partial charge in [0.25, 0.3) is 0 Å². The molecule has 5 nitrogen and oxygen atoms in total. The van der Waals surface area contributed by atoms with Gasteiger partial charge in [-0.15, -0.1) is 0 Å². The van der Waals surface area contributed by atoms with Gasteiger partial charge in [-0.25, -0.2) is 0 Å². The molecule has 1 aliphatic rings. The summed E-state index contributed by atoms with van der Waals surface area (Å²) in [7, 11) is 0. The molecule has 0 heterocycles. The number of amides is 1. The van der Waals surface area contributed by atoms with E-state index < -0.39 is 11.5 Å². The minimum Gasteiger partial charge on any atom is -0.481 e. The quantitative estimate of drug-likeness (QED) is 0.792. The van der Waals surface area contributed by atoms with Crippen LogP contribution in [0.5, 0.6) is 0 Å². The lowest BCUT2D eigenvalue weighted by molar-refractivity contribution is -0.136. The molecule has 1 aromatic carbocycles. The third-order valence-electron chi connectivity index (χ3n) is 4.02. The second-order valence-corrected chi connectivity index (χ2v) is 6.08. The predicted octanol–water partition coefficient (Wildman–Crippen LogP) is 2.16. The normalized spacial score (nSPS) is 25.3. The van der Waals surface area contributed by atoms with E-state index >= 15 is 0 Å². The van der Waals surface area contributed by atoms with Crippen molar-refractivity contribution in [2.45, 2.75) is 44.6 Å². The second kappa shape index (κ2) is 6.26. The predicted molar refractivity (Wildman–Crippen MR) is 81.0 cm³/mol. The number of benzene rings is 1. The smallest absolute Gasteiger partial charge is 0.307 e. The molecule has 2 rings (SSSR count). The van der Waals surface area contributed by atoms with Gasteiger partial charge >= 0.3 is 5.97 Å². The lowest BCUT2D eigenvalue weighted by atomic mass is 9.76. The van der Waals surface area contributed by atoms with Crippen molar-refractivity contribution in [3.05, 3.63) is 29.8 Å². The number of anilines is 1. The van der Waals surface area contributed by atoms with Gasteiger partial charge in [-0.05, 0) is 36.5 Å². The zero-order valence-corrected chi connectivity index (χ0v) is 12.3. The third kappa shape index (κ3) is 4.04. The molecule has 0 aliphatic heterocycles. The molecule has 21 heavy (non-hydrogen) atoms. The molecule has 2 atom stereocenters. The van der Waals surface area contributed by atoms with Gasteiger partial charge in [-0.1, -0.05) is 31.9 Å². The van der Waals surface area contributed by atoms with Crippen molar-refractivity contribution in [2.75, 3.05) is 5.32 Å². The first kappa shape index (κ1) is 15.5. The summed E-state index contributed by atoms with van der Waals surface area (Å²) in [6, 6.07) is 6.89. The second-order valence-electron chi connectivity index (χ2n) is 6.08. The Morgan fingerprint density at radius 1 is 1.48 bits per heavy atom. The first-order chi connectivity index (χ1) is 9.89. The molecule has 0 saturated heterocycles. The third-order valence-corrected chi connectivity index (χ3v) is 4.02. The summed E-state index contributed by atoms with van der Waals surface area (Å²) in [4.78, 5) is 23.1. The Hall–Kier alpha value is -1.88. The number of rotatable bonds is 4. The Morgan fingerprint density at radius 3 is 2.90 bits per heavy atom. The molecule has 0 bridgehead atoms. The van der Waals surface area contributed by atoms with Crippen LogP contribution >= 0.6 is 0 Å². The van der Waals surface area contributed by atoms with Crippen LogP contribution in [0.15, 0.2) is 24.3 Å². The summed E-state index contributed by atoms with van der Waals surface area (Å²) in [6.07, 6.45) is 3.39. The highest BCUT2D eigenvalue weighted by molar-refractivity contribution is 5.98. The molecule has 114 valence electrons. The summed E-state index contributed by atoms with van der Waals surface area (Å²) < 4.78 is 0. The molecule has 0 aromatic heterocycles. The van der Waals surface area contributed by atoms with Crippen molar-refractivity contribution >= 4 is 17.6 Å². The fourth-order valence-electron chi connectivity index (χ4n) is 2.99. The van der Waals surface area contributed by atoms with Crippen LogP contribution in [0.3, 0.4) is 0 Å². The molecule has 1 aliphatic carbocycles. The van der Waals surface area contributed by atoms with E-state index in [-0.39, 0.29) is 12.3 Å². The maximum Gasteiger partial charge on any atom is 0.307 e. The summed E-state index contributed by atoms with van der Waals surface area (Å²) in [5.74, 6) is -0.621. The van der Waals surface area contributed by atoms with Crippen LogP contribution in [0.2, 0.25) is 0 Å². The van der Waals surface area contributed by atoms with Gasteiger partial charge in [-0.2, -0.15) is 0 Å². The summed E-state index contributed by atoms with van der Waals surface area (Å²) in [5.41, 5.74) is 6.69. The number of carbonyl (C=O) groups is 2. The van der Waals surface area contributed by atoms with E-state index in [0.717, 1.165) is 12.8 Å². The zero-order chi connectivity index (χ0) is 15.5. The molecule has 0 spiro atoms. The molecular formula is C16H22N2O3. The molecule has 5 heteroatoms. The zero-order valence-electron chi connectivity index (χ0n) is 12.3. The standard InChI is InChI=1S/C16H22N2O3/c1-11-4-3-7-16(17,10-11)15(21)18-13-6-2-5-12(8-13)9-14(19)20/h2,5-6,8,11H,3-4,7,9-10,17H2,1H3,(H,18,21)(H,19,20). The van der Waals surface area contributed by atoms with Crippen LogP contribution in [0, 0.1) is 5.92 Å². The van der Waals surface area contributed by atoms with Gasteiger partial charge in [0.15, 0.2) is 0 Å². The van der Waals surface area contributed by atoms with Crippen LogP contribution in [0.25, 0.3) is 0 Å². The Kier molecular flexibility index (Phi) is 4.63. The summed E-state index contributed by atoms with van der Waals surface area (Å²) in [5, 5.41) is 11.6. The van der Waals surface area contributed by atoms with E-state index in [1.54, 1.807) is 24.3 Å². The number of nitrogens with one attached hydrogen (secondary N) is 1. The minimum absolute atomic E-state index is 0.0610. The molecular weight excluding hydrogens is 268 g/mol. The molecule has 4 N–H and O–H groups in total. The van der Waals surface area contributed by atoms with E-state index in [9.17, 15) is 9.59 Å². The Bertz CT molecular complexity index is 544. The van der Waals surface area contributed by atoms with E-state index in [2.05, 4.69) is 12.2 Å². The highest BCUT2D eigenvalue weighted by Gasteiger charge is 2.37. The minimum atomic E-state index is -0.894. The van der Waals surface area contributed by atoms with Gasteiger partial charge in [-0.3, -0.25) is 9.59 Å². The fraction of sp³-hybridized carbons (Fsp3) is 0.500. The van der Waals surface area contributed by atoms with Crippen molar-refractivity contribution < 1.29 is 14.7 Å². The van der Waals surface area contributed by atoms with E-state index in [1.165, 1.54) is 0 Å². The van der Waals surface area contributed by atoms with Crippen LogP contribution < -0.4 is 11.1 Å². The van der Waals surface area contributed by atoms with Gasteiger partial charge < -0.3 is 16.2 Å². The number of aliphatic carboxylic acids is 1. The highest BCUT2D eigenvalue weighted by atomic mass is 16.4. The van der Waals surface area contributed by atoms with Gasteiger partial charge in [0, 0.05) is 5.69 Å². The van der Waals surface area contributed by atoms with Crippen LogP contribution in [-0.4, -0.2) is 22.5 Å². The number of hydrogen-bond donors (Lipinski definition) is 3. The summed E-state index contributed by atoms with van der Waals surface area (Å²) in [6.45, 7) is 2.11. The average Bonchev–Trinajstić information content (AvgIpc) is 2.38. The lowest BCUT2D eigenvalue weighted by Crippen LogP contribution is -2.53. The van der Waals surface area contributed by atoms with Crippen LogP contribution in [0.1, 0.15) is 38.2 Å². The number of carboxylic acid groups (broad SMARTS) is 1. The van der Waals surface area contributed by atoms with Crippen molar-refractivity contribution in [3.8, 4) is 0 Å². The van der Waals surface area contributed by atoms with Crippen molar-refractivity contribution in [3.63, 3.8) is 0 Å². The molecule has 0 radical (unpaired) electrons. The topological polar surface area (TPSA) is 92.4 Å². The fourth-order valence-corrected chi connectivity index (χ4v) is 2.99. The van der Waals surface area contributed by atoms with Crippen molar-refractivity contribution in [1.82, 2.24) is 0 Å². The van der Waals surface area contributed by atoms with Crippen molar-refractivity contribution in [1.29, 1.82) is 0 Å². The number of carbonyl (C=O) groups excluding carboxylic acids is 1. The van der Waals surface area contributed by atoms with Gasteiger partial charge in [0.05, 0.1) is 12.0 Å². The highest BCUT2D eigenvalue weighted by Crippen LogP contribution is 2.31. The monoisotopic (exact) mass is 290 g/mol. The number of carboxylic acids is 1. The van der Waals surface area contributed by atoms with Gasteiger partial charge in [0.2, 0.25) is 5.91 Å². The maximum absolute atomic E-state index is 12.4. The molecule has 1 aromatic rings. The Labute approximate surface area is 124 Å². The Balaban J connectivity index is 2.07. The van der Waals surface area contributed by atoms with E-state index in [1.807, 2.05) is 0 Å². The first-order valence-electron chi connectivity index (χ1n) is 7.30. The Morgan fingerprint density at radius 2 is 2.24 bits per heavy atom. The van der Waals surface area contributed by atoms with Crippen LogP contribution in [0.4, 0.5) is 5.69 Å².